The molecular formula is C28H27F3N2O3S. The summed E-state index contributed by atoms with van der Waals surface area (Å²) in [6, 6.07) is 19.1. The molecule has 4 aromatic rings. The largest absolute Gasteiger partial charge is 0.416 e. The molecule has 0 fully saturated rings. The Morgan fingerprint density at radius 2 is 1.59 bits per heavy atom. The molecule has 0 saturated heterocycles. The summed E-state index contributed by atoms with van der Waals surface area (Å²) < 4.78 is 65.9. The minimum absolute atomic E-state index is 0.00815. The van der Waals surface area contributed by atoms with Crippen molar-refractivity contribution >= 4 is 9.84 Å². The van der Waals surface area contributed by atoms with Crippen LogP contribution in [0.15, 0.2) is 83.9 Å². The van der Waals surface area contributed by atoms with Gasteiger partial charge in [0.1, 0.15) is 11.4 Å². The first-order chi connectivity index (χ1) is 17.3. The molecule has 0 bridgehead atoms. The maximum absolute atomic E-state index is 13.2. The van der Waals surface area contributed by atoms with Gasteiger partial charge in [0, 0.05) is 18.3 Å². The fraction of sp³-hybridized carbons (Fsp3) is 0.250. The van der Waals surface area contributed by atoms with Gasteiger partial charge in [-0.15, -0.1) is 0 Å². The monoisotopic (exact) mass is 528 g/mol. The zero-order valence-corrected chi connectivity index (χ0v) is 21.4. The van der Waals surface area contributed by atoms with E-state index in [9.17, 15) is 26.7 Å². The van der Waals surface area contributed by atoms with Crippen LogP contribution in [0.1, 0.15) is 43.4 Å². The lowest BCUT2D eigenvalue weighted by Crippen LogP contribution is -2.16. The molecule has 0 aliphatic heterocycles. The number of nitrogens with zero attached hydrogens (tertiary/aromatic N) is 2. The molecule has 0 aliphatic carbocycles. The Bertz CT molecular complexity index is 1520. The van der Waals surface area contributed by atoms with Crippen molar-refractivity contribution in [2.75, 3.05) is 5.75 Å². The first-order valence-corrected chi connectivity index (χ1v) is 13.3. The molecular weight excluding hydrogens is 501 g/mol. The molecule has 3 aromatic carbocycles. The second-order valence-corrected chi connectivity index (χ2v) is 11.6. The molecule has 0 atom stereocenters. The molecule has 0 unspecified atom stereocenters. The summed E-state index contributed by atoms with van der Waals surface area (Å²) in [5.74, 6) is 0.481. The summed E-state index contributed by atoms with van der Waals surface area (Å²) in [7, 11) is -3.35. The Kier molecular flexibility index (Phi) is 7.05. The number of rotatable bonds is 7. The van der Waals surface area contributed by atoms with Crippen molar-refractivity contribution in [2.45, 2.75) is 43.9 Å². The first kappa shape index (κ1) is 26.6. The average Bonchev–Trinajstić information content (AvgIpc) is 3.28. The summed E-state index contributed by atoms with van der Waals surface area (Å²) in [4.78, 5) is 4.79. The molecule has 37 heavy (non-hydrogen) atoms. The minimum Gasteiger partial charge on any atom is -0.384 e. The molecule has 1 heterocycles. The molecule has 1 N–H and O–H groups in total. The van der Waals surface area contributed by atoms with Crippen LogP contribution in [0.3, 0.4) is 0 Å². The number of sulfone groups is 1. The summed E-state index contributed by atoms with van der Waals surface area (Å²) in [6.45, 7) is 4.78. The van der Waals surface area contributed by atoms with Crippen LogP contribution in [0.2, 0.25) is 0 Å². The Morgan fingerprint density at radius 1 is 0.919 bits per heavy atom. The lowest BCUT2D eigenvalue weighted by Gasteiger charge is -2.13. The molecule has 0 amide bonds. The van der Waals surface area contributed by atoms with Gasteiger partial charge in [-0.2, -0.15) is 13.2 Å². The van der Waals surface area contributed by atoms with Crippen molar-refractivity contribution in [3.05, 3.63) is 102 Å². The highest BCUT2D eigenvalue weighted by Crippen LogP contribution is 2.31. The zero-order valence-electron chi connectivity index (χ0n) is 20.6. The second kappa shape index (κ2) is 9.79. The highest BCUT2D eigenvalue weighted by atomic mass is 32.2. The predicted molar refractivity (Wildman–Crippen MR) is 136 cm³/mol. The van der Waals surface area contributed by atoms with E-state index in [2.05, 4.69) is 4.98 Å². The van der Waals surface area contributed by atoms with Gasteiger partial charge in [0.05, 0.1) is 21.9 Å². The van der Waals surface area contributed by atoms with E-state index in [1.165, 1.54) is 6.07 Å². The normalized spacial score (nSPS) is 12.6. The van der Waals surface area contributed by atoms with Gasteiger partial charge < -0.3 is 9.67 Å². The number of benzene rings is 3. The maximum Gasteiger partial charge on any atom is 0.416 e. The van der Waals surface area contributed by atoms with Crippen molar-refractivity contribution in [2.24, 2.45) is 0 Å². The standard InChI is InChI=1S/C28H27F3N2O3S/c1-4-37(35,36)24-10-6-8-21(17-24)20-11-13-23(14-12-20)33-18-25(27(2,3)34)32-26(33)16-19-7-5-9-22(15-19)28(29,30)31/h5-15,17-18,34H,4,16H2,1-3H3. The molecule has 5 nitrogen and oxygen atoms in total. The Labute approximate surface area is 214 Å². The molecule has 0 saturated carbocycles. The van der Waals surface area contributed by atoms with E-state index in [-0.39, 0.29) is 17.1 Å². The van der Waals surface area contributed by atoms with E-state index in [1.54, 1.807) is 55.8 Å². The van der Waals surface area contributed by atoms with Gasteiger partial charge >= 0.3 is 6.18 Å². The highest BCUT2D eigenvalue weighted by Gasteiger charge is 2.30. The van der Waals surface area contributed by atoms with Crippen LogP contribution >= 0.6 is 0 Å². The highest BCUT2D eigenvalue weighted by molar-refractivity contribution is 7.91. The lowest BCUT2D eigenvalue weighted by molar-refractivity contribution is -0.137. The summed E-state index contributed by atoms with van der Waals surface area (Å²) in [5.41, 5.74) is 1.09. The van der Waals surface area contributed by atoms with Crippen LogP contribution in [0.4, 0.5) is 13.2 Å². The second-order valence-electron chi connectivity index (χ2n) is 9.32. The van der Waals surface area contributed by atoms with Crippen LogP contribution in [-0.4, -0.2) is 28.8 Å². The fourth-order valence-electron chi connectivity index (χ4n) is 3.95. The van der Waals surface area contributed by atoms with E-state index >= 15 is 0 Å². The third-order valence-corrected chi connectivity index (χ3v) is 7.81. The molecule has 1 aromatic heterocycles. The summed E-state index contributed by atoms with van der Waals surface area (Å²) in [5, 5.41) is 10.5. The lowest BCUT2D eigenvalue weighted by atomic mass is 10.1. The summed E-state index contributed by atoms with van der Waals surface area (Å²) >= 11 is 0. The zero-order chi connectivity index (χ0) is 27.0. The first-order valence-electron chi connectivity index (χ1n) is 11.7. The molecule has 4 rings (SSSR count). The van der Waals surface area contributed by atoms with E-state index in [1.807, 2.05) is 30.3 Å². The van der Waals surface area contributed by atoms with Crippen molar-refractivity contribution in [1.82, 2.24) is 9.55 Å². The number of aromatic nitrogens is 2. The Balaban J connectivity index is 1.71. The summed E-state index contributed by atoms with van der Waals surface area (Å²) in [6.07, 6.45) is -2.65. The molecule has 194 valence electrons. The number of hydrogen-bond acceptors (Lipinski definition) is 4. The van der Waals surface area contributed by atoms with Crippen molar-refractivity contribution < 1.29 is 26.7 Å². The van der Waals surface area contributed by atoms with Crippen molar-refractivity contribution in [3.63, 3.8) is 0 Å². The smallest absolute Gasteiger partial charge is 0.384 e. The topological polar surface area (TPSA) is 72.2 Å². The van der Waals surface area contributed by atoms with Gasteiger partial charge in [0.25, 0.3) is 0 Å². The van der Waals surface area contributed by atoms with Crippen LogP contribution in [0.5, 0.6) is 0 Å². The number of alkyl halides is 3. The van der Waals surface area contributed by atoms with Crippen LogP contribution in [0, 0.1) is 0 Å². The SMILES string of the molecule is CCS(=O)(=O)c1cccc(-c2ccc(-n3cc(C(C)(C)O)nc3Cc3cccc(C(F)(F)F)c3)cc2)c1. The van der Waals surface area contributed by atoms with Crippen molar-refractivity contribution in [1.29, 1.82) is 0 Å². The predicted octanol–water partition coefficient (Wildman–Crippen LogP) is 6.17. The number of hydrogen-bond donors (Lipinski definition) is 1. The maximum atomic E-state index is 13.2. The van der Waals surface area contributed by atoms with Gasteiger partial charge in [-0.05, 0) is 60.9 Å². The van der Waals surface area contributed by atoms with E-state index in [0.29, 0.717) is 22.8 Å². The third kappa shape index (κ3) is 5.94. The quantitative estimate of drug-likeness (QED) is 0.311. The van der Waals surface area contributed by atoms with Crippen LogP contribution in [0.25, 0.3) is 16.8 Å². The third-order valence-electron chi connectivity index (χ3n) is 6.07. The number of aliphatic hydroxyl groups is 1. The Morgan fingerprint density at radius 3 is 2.22 bits per heavy atom. The van der Waals surface area contributed by atoms with Crippen molar-refractivity contribution in [3.8, 4) is 16.8 Å². The van der Waals surface area contributed by atoms with Gasteiger partial charge in [-0.3, -0.25) is 0 Å². The Hall–Kier alpha value is -3.43. The minimum atomic E-state index is -4.45. The van der Waals surface area contributed by atoms with Gasteiger partial charge in [-0.1, -0.05) is 49.4 Å². The van der Waals surface area contributed by atoms with Gasteiger partial charge in [-0.25, -0.2) is 13.4 Å². The van der Waals surface area contributed by atoms with Crippen LogP contribution in [-0.2, 0) is 28.0 Å². The molecule has 9 heteroatoms. The molecule has 0 radical (unpaired) electrons. The van der Waals surface area contributed by atoms with E-state index < -0.39 is 27.2 Å². The number of halogens is 3. The number of imidazole rings is 1. The van der Waals surface area contributed by atoms with Gasteiger partial charge in [0.15, 0.2) is 9.84 Å². The van der Waals surface area contributed by atoms with E-state index in [4.69, 9.17) is 0 Å². The molecule has 0 spiro atoms. The fourth-order valence-corrected chi connectivity index (χ4v) is 4.88. The molecule has 0 aliphatic rings. The average molecular weight is 529 g/mol. The van der Waals surface area contributed by atoms with E-state index in [0.717, 1.165) is 23.3 Å². The van der Waals surface area contributed by atoms with Crippen LogP contribution < -0.4 is 0 Å². The van der Waals surface area contributed by atoms with Gasteiger partial charge in [0.2, 0.25) is 0 Å².